The van der Waals surface area contributed by atoms with Gasteiger partial charge in [0.1, 0.15) is 0 Å². The van der Waals surface area contributed by atoms with E-state index in [0.29, 0.717) is 11.1 Å². The van der Waals surface area contributed by atoms with Gasteiger partial charge < -0.3 is 20.8 Å². The first kappa shape index (κ1) is 31.2. The minimum Gasteiger partial charge on any atom is -0.478 e. The van der Waals surface area contributed by atoms with Crippen molar-refractivity contribution in [3.63, 3.8) is 0 Å². The molecule has 10 nitrogen and oxygen atoms in total. The number of benzene rings is 4. The van der Waals surface area contributed by atoms with Crippen molar-refractivity contribution in [2.75, 3.05) is 22.1 Å². The van der Waals surface area contributed by atoms with Crippen molar-refractivity contribution >= 4 is 102 Å². The number of hydrogen-bond donors (Lipinski definition) is 4. The van der Waals surface area contributed by atoms with E-state index in [1.165, 1.54) is 70.5 Å². The number of fused-ring (bicyclic) bond motifs is 2. The van der Waals surface area contributed by atoms with Crippen LogP contribution in [0, 0.1) is 0 Å². The predicted octanol–water partition coefficient (Wildman–Crippen LogP) is 7.43. The second-order valence-corrected chi connectivity index (χ2v) is 14.2. The van der Waals surface area contributed by atoms with Gasteiger partial charge in [0, 0.05) is 0 Å². The Labute approximate surface area is 277 Å². The number of amides is 2. The van der Waals surface area contributed by atoms with E-state index in [9.17, 15) is 29.4 Å². The second kappa shape index (κ2) is 13.7. The van der Waals surface area contributed by atoms with Crippen LogP contribution in [0.1, 0.15) is 20.7 Å². The van der Waals surface area contributed by atoms with Gasteiger partial charge in [-0.15, -0.1) is 22.7 Å². The first-order valence-electron chi connectivity index (χ1n) is 13.5. The van der Waals surface area contributed by atoms with Gasteiger partial charge in [-0.2, -0.15) is 0 Å². The van der Waals surface area contributed by atoms with Crippen LogP contribution in [0.2, 0.25) is 0 Å². The quantitative estimate of drug-likeness (QED) is 0.101. The minimum absolute atomic E-state index is 0.0366. The van der Waals surface area contributed by atoms with Crippen LogP contribution in [0.4, 0.5) is 11.4 Å². The molecule has 0 aliphatic heterocycles. The number of carboxylic acids is 2. The highest BCUT2D eigenvalue weighted by Crippen LogP contribution is 2.32. The molecule has 0 atom stereocenters. The number of nitrogens with zero attached hydrogens (tertiary/aromatic N) is 2. The zero-order valence-corrected chi connectivity index (χ0v) is 26.8. The third kappa shape index (κ3) is 7.21. The molecular formula is C32H22N4O6S4. The number of aromatic nitrogens is 2. The largest absolute Gasteiger partial charge is 0.478 e. The number of thioether (sulfide) groups is 2. The van der Waals surface area contributed by atoms with Crippen LogP contribution >= 0.6 is 46.2 Å². The number of aromatic carboxylic acids is 2. The van der Waals surface area contributed by atoms with E-state index >= 15 is 0 Å². The molecule has 0 fully saturated rings. The maximum Gasteiger partial charge on any atom is 0.337 e. The Morgan fingerprint density at radius 3 is 1.41 bits per heavy atom. The van der Waals surface area contributed by atoms with Crippen molar-refractivity contribution in [3.8, 4) is 11.1 Å². The molecule has 4 N–H and O–H groups in total. The van der Waals surface area contributed by atoms with E-state index in [-0.39, 0.29) is 34.0 Å². The topological polar surface area (TPSA) is 159 Å². The van der Waals surface area contributed by atoms with Crippen LogP contribution in [0.25, 0.3) is 31.6 Å². The van der Waals surface area contributed by atoms with Crippen LogP contribution in [0.15, 0.2) is 93.6 Å². The Bertz CT molecular complexity index is 1930. The lowest BCUT2D eigenvalue weighted by atomic mass is 9.99. The summed E-state index contributed by atoms with van der Waals surface area (Å²) in [5.74, 6) is -3.24. The van der Waals surface area contributed by atoms with Gasteiger partial charge in [-0.3, -0.25) is 9.59 Å². The van der Waals surface area contributed by atoms with E-state index in [2.05, 4.69) is 20.6 Å². The summed E-state index contributed by atoms with van der Waals surface area (Å²) < 4.78 is 3.47. The maximum absolute atomic E-state index is 12.7. The number of anilines is 2. The van der Waals surface area contributed by atoms with E-state index in [0.717, 1.165) is 29.1 Å². The van der Waals surface area contributed by atoms with Gasteiger partial charge >= 0.3 is 11.9 Å². The standard InChI is InChI=1S/C32H22N4O6S4/c37-27(15-43-31-35-23-5-1-3-7-25(23)45-31)33-21-11-9-17(13-19(21)29(39)40)18-10-12-22(20(14-18)30(41)42)34-28(38)16-44-32-36-24-6-2-4-8-26(24)46-32/h1-14H,15-16H2,(H,33,37)(H,34,38)(H,39,40)(H,41,42). The summed E-state index contributed by atoms with van der Waals surface area (Å²) in [5.41, 5.74) is 2.45. The summed E-state index contributed by atoms with van der Waals surface area (Å²) in [4.78, 5) is 58.6. The fourth-order valence-electron chi connectivity index (χ4n) is 4.47. The van der Waals surface area contributed by atoms with Crippen molar-refractivity contribution in [1.29, 1.82) is 0 Å². The Balaban J connectivity index is 1.13. The summed E-state index contributed by atoms with van der Waals surface area (Å²) in [6.07, 6.45) is 0. The molecule has 0 saturated carbocycles. The van der Waals surface area contributed by atoms with E-state index in [1.807, 2.05) is 48.5 Å². The number of hydrogen-bond acceptors (Lipinski definition) is 10. The van der Waals surface area contributed by atoms with Crippen LogP contribution in [-0.2, 0) is 9.59 Å². The summed E-state index contributed by atoms with van der Waals surface area (Å²) in [5, 5.41) is 25.1. The van der Waals surface area contributed by atoms with Gasteiger partial charge in [0.2, 0.25) is 11.8 Å². The molecule has 2 amide bonds. The molecule has 0 unspecified atom stereocenters. The van der Waals surface area contributed by atoms with E-state index in [1.54, 1.807) is 12.1 Å². The highest BCUT2D eigenvalue weighted by atomic mass is 32.2. The summed E-state index contributed by atoms with van der Waals surface area (Å²) in [7, 11) is 0. The fraction of sp³-hybridized carbons (Fsp3) is 0.0625. The normalized spacial score (nSPS) is 11.0. The first-order chi connectivity index (χ1) is 22.2. The molecule has 0 aliphatic rings. The number of carboxylic acid groups (broad SMARTS) is 2. The lowest BCUT2D eigenvalue weighted by molar-refractivity contribution is -0.114. The Morgan fingerprint density at radius 2 is 1.02 bits per heavy atom. The number of rotatable bonds is 11. The van der Waals surface area contributed by atoms with Gasteiger partial charge in [0.25, 0.3) is 0 Å². The van der Waals surface area contributed by atoms with Crippen molar-refractivity contribution < 1.29 is 29.4 Å². The molecule has 2 aromatic heterocycles. The van der Waals surface area contributed by atoms with Gasteiger partial charge in [0.05, 0.1) is 54.4 Å². The summed E-state index contributed by atoms with van der Waals surface area (Å²) >= 11 is 5.46. The molecular weight excluding hydrogens is 665 g/mol. The van der Waals surface area contributed by atoms with Crippen LogP contribution in [-0.4, -0.2) is 55.4 Å². The average Bonchev–Trinajstić information content (AvgIpc) is 3.67. The van der Waals surface area contributed by atoms with Crippen LogP contribution < -0.4 is 10.6 Å². The molecule has 0 spiro atoms. The predicted molar refractivity (Wildman–Crippen MR) is 184 cm³/mol. The van der Waals surface area contributed by atoms with Crippen molar-refractivity contribution in [1.82, 2.24) is 9.97 Å². The molecule has 0 radical (unpaired) electrons. The maximum atomic E-state index is 12.7. The number of carbonyl (C=O) groups is 4. The summed E-state index contributed by atoms with van der Waals surface area (Å²) in [6.45, 7) is 0. The molecule has 4 aromatic carbocycles. The van der Waals surface area contributed by atoms with Crippen molar-refractivity contribution in [2.45, 2.75) is 8.68 Å². The number of para-hydroxylation sites is 2. The monoisotopic (exact) mass is 686 g/mol. The van der Waals surface area contributed by atoms with Crippen LogP contribution in [0.5, 0.6) is 0 Å². The summed E-state index contributed by atoms with van der Waals surface area (Å²) in [6, 6.07) is 24.2. The Morgan fingerprint density at radius 1 is 0.609 bits per heavy atom. The highest BCUT2D eigenvalue weighted by molar-refractivity contribution is 8.02. The zero-order valence-electron chi connectivity index (χ0n) is 23.6. The van der Waals surface area contributed by atoms with Gasteiger partial charge in [-0.05, 0) is 59.7 Å². The van der Waals surface area contributed by atoms with Gasteiger partial charge in [0.15, 0.2) is 8.68 Å². The van der Waals surface area contributed by atoms with E-state index in [4.69, 9.17) is 0 Å². The van der Waals surface area contributed by atoms with Crippen LogP contribution in [0.3, 0.4) is 0 Å². The number of thiazole rings is 2. The third-order valence-corrected chi connectivity index (χ3v) is 10.9. The molecule has 230 valence electrons. The SMILES string of the molecule is O=C(CSc1nc2ccccc2s1)Nc1ccc(-c2ccc(NC(=O)CSc3nc4ccccc4s3)c(C(=O)O)c2)cc1C(=O)O. The van der Waals surface area contributed by atoms with E-state index < -0.39 is 23.8 Å². The molecule has 6 rings (SSSR count). The highest BCUT2D eigenvalue weighted by Gasteiger charge is 2.18. The zero-order chi connectivity index (χ0) is 32.2. The number of nitrogens with one attached hydrogen (secondary N) is 2. The molecule has 6 aromatic rings. The number of carbonyl (C=O) groups excluding carboxylic acids is 2. The lowest BCUT2D eigenvalue weighted by Crippen LogP contribution is -2.17. The first-order valence-corrected chi connectivity index (χ1v) is 17.2. The molecule has 0 saturated heterocycles. The van der Waals surface area contributed by atoms with Crippen molar-refractivity contribution in [3.05, 3.63) is 96.1 Å². The fourth-order valence-corrected chi connectivity index (χ4v) is 8.21. The average molecular weight is 687 g/mol. The molecule has 46 heavy (non-hydrogen) atoms. The lowest BCUT2D eigenvalue weighted by Gasteiger charge is -2.13. The molecule has 0 bridgehead atoms. The molecule has 14 heteroatoms. The Kier molecular flexibility index (Phi) is 9.30. The molecule has 0 aliphatic carbocycles. The molecule has 2 heterocycles. The Hall–Kier alpha value is -4.76. The minimum atomic E-state index is -1.26. The van der Waals surface area contributed by atoms with Gasteiger partial charge in [-0.1, -0.05) is 59.9 Å². The van der Waals surface area contributed by atoms with Gasteiger partial charge in [-0.25, -0.2) is 19.6 Å². The smallest absolute Gasteiger partial charge is 0.337 e. The third-order valence-electron chi connectivity index (χ3n) is 6.58. The second-order valence-electron chi connectivity index (χ2n) is 9.70. The van der Waals surface area contributed by atoms with Crippen molar-refractivity contribution in [2.24, 2.45) is 0 Å².